The molecular formula is C13H20N4. The van der Waals surface area contributed by atoms with Crippen LogP contribution in [-0.4, -0.2) is 42.1 Å². The predicted octanol–water partition coefficient (Wildman–Crippen LogP) is 0.825. The molecule has 0 radical (unpaired) electrons. The average molecular weight is 232 g/mol. The number of hydrogen-bond acceptors (Lipinski definition) is 4. The van der Waals surface area contributed by atoms with Crippen molar-refractivity contribution in [2.24, 2.45) is 5.73 Å². The van der Waals surface area contributed by atoms with E-state index in [-0.39, 0.29) is 0 Å². The van der Waals surface area contributed by atoms with Gasteiger partial charge in [0.25, 0.3) is 0 Å². The summed E-state index contributed by atoms with van der Waals surface area (Å²) in [4.78, 5) is 9.46. The van der Waals surface area contributed by atoms with E-state index in [1.807, 2.05) is 12.3 Å². The van der Waals surface area contributed by atoms with Crippen molar-refractivity contribution in [2.45, 2.75) is 25.4 Å². The minimum Gasteiger partial charge on any atom is -0.367 e. The predicted molar refractivity (Wildman–Crippen MR) is 68.9 cm³/mol. The van der Waals surface area contributed by atoms with Gasteiger partial charge in [0, 0.05) is 32.2 Å². The molecule has 0 aromatic carbocycles. The molecule has 2 aliphatic heterocycles. The molecule has 3 rings (SSSR count). The normalized spacial score (nSPS) is 25.0. The van der Waals surface area contributed by atoms with Crippen LogP contribution < -0.4 is 10.6 Å². The van der Waals surface area contributed by atoms with Crippen molar-refractivity contribution in [3.05, 3.63) is 24.0 Å². The zero-order valence-corrected chi connectivity index (χ0v) is 10.2. The number of rotatable bonds is 2. The van der Waals surface area contributed by atoms with Gasteiger partial charge in [-0.3, -0.25) is 9.88 Å². The number of nitrogens with zero attached hydrogens (tertiary/aromatic N) is 3. The number of nitrogens with two attached hydrogens (primary N) is 1. The van der Waals surface area contributed by atoms with Gasteiger partial charge in [-0.05, 0) is 31.5 Å². The van der Waals surface area contributed by atoms with Crippen molar-refractivity contribution in [1.29, 1.82) is 0 Å². The Balaban J connectivity index is 1.71. The Morgan fingerprint density at radius 3 is 3.00 bits per heavy atom. The molecule has 2 saturated heterocycles. The highest BCUT2D eigenvalue weighted by Crippen LogP contribution is 2.24. The van der Waals surface area contributed by atoms with Crippen LogP contribution in [0.15, 0.2) is 18.3 Å². The summed E-state index contributed by atoms with van der Waals surface area (Å²) < 4.78 is 0. The third-order valence-electron chi connectivity index (χ3n) is 3.97. The van der Waals surface area contributed by atoms with Crippen LogP contribution in [0.1, 0.15) is 18.5 Å². The van der Waals surface area contributed by atoms with Crippen LogP contribution in [-0.2, 0) is 6.54 Å². The Hall–Kier alpha value is -1.13. The molecule has 0 spiro atoms. The standard InChI is InChI=1S/C13H20N4/c14-8-11-3-4-12(9-15-11)17-7-6-16-5-1-2-13(16)10-17/h3-4,9,13H,1-2,5-8,10,14H2. The van der Waals surface area contributed by atoms with Gasteiger partial charge in [-0.25, -0.2) is 0 Å². The van der Waals surface area contributed by atoms with E-state index in [0.29, 0.717) is 6.54 Å². The summed E-state index contributed by atoms with van der Waals surface area (Å²) in [7, 11) is 0. The van der Waals surface area contributed by atoms with Gasteiger partial charge in [0.2, 0.25) is 0 Å². The third kappa shape index (κ3) is 2.15. The second-order valence-electron chi connectivity index (χ2n) is 4.99. The topological polar surface area (TPSA) is 45.4 Å². The molecule has 4 nitrogen and oxygen atoms in total. The number of aromatic nitrogens is 1. The maximum Gasteiger partial charge on any atom is 0.0553 e. The molecule has 2 aliphatic rings. The number of piperazine rings is 1. The maximum atomic E-state index is 5.57. The summed E-state index contributed by atoms with van der Waals surface area (Å²) in [6, 6.07) is 4.95. The largest absolute Gasteiger partial charge is 0.367 e. The molecule has 0 saturated carbocycles. The van der Waals surface area contributed by atoms with Crippen molar-refractivity contribution < 1.29 is 0 Å². The van der Waals surface area contributed by atoms with E-state index in [4.69, 9.17) is 5.73 Å². The Kier molecular flexibility index (Phi) is 2.99. The van der Waals surface area contributed by atoms with Gasteiger partial charge in [-0.15, -0.1) is 0 Å². The lowest BCUT2D eigenvalue weighted by Crippen LogP contribution is -2.50. The van der Waals surface area contributed by atoms with Crippen molar-refractivity contribution in [3.8, 4) is 0 Å². The summed E-state index contributed by atoms with van der Waals surface area (Å²) in [6.07, 6.45) is 4.68. The number of anilines is 1. The fourth-order valence-electron chi connectivity index (χ4n) is 2.95. The van der Waals surface area contributed by atoms with Crippen LogP contribution >= 0.6 is 0 Å². The van der Waals surface area contributed by atoms with E-state index >= 15 is 0 Å². The van der Waals surface area contributed by atoms with Crippen molar-refractivity contribution in [2.75, 3.05) is 31.1 Å². The highest BCUT2D eigenvalue weighted by molar-refractivity contribution is 5.45. The summed E-state index contributed by atoms with van der Waals surface area (Å²) in [5.74, 6) is 0. The Morgan fingerprint density at radius 1 is 1.29 bits per heavy atom. The minimum atomic E-state index is 0.524. The molecule has 0 amide bonds. The van der Waals surface area contributed by atoms with Crippen molar-refractivity contribution in [1.82, 2.24) is 9.88 Å². The van der Waals surface area contributed by atoms with E-state index in [1.165, 1.54) is 31.6 Å². The van der Waals surface area contributed by atoms with E-state index in [1.54, 1.807) is 0 Å². The van der Waals surface area contributed by atoms with Gasteiger partial charge in [-0.1, -0.05) is 0 Å². The van der Waals surface area contributed by atoms with Gasteiger partial charge in [-0.2, -0.15) is 0 Å². The van der Waals surface area contributed by atoms with Crippen LogP contribution in [0, 0.1) is 0 Å². The molecule has 0 aliphatic carbocycles. The number of hydrogen-bond donors (Lipinski definition) is 1. The van der Waals surface area contributed by atoms with Crippen molar-refractivity contribution in [3.63, 3.8) is 0 Å². The molecule has 1 aromatic heterocycles. The van der Waals surface area contributed by atoms with Gasteiger partial charge in [0.1, 0.15) is 0 Å². The first-order valence-electron chi connectivity index (χ1n) is 6.51. The first-order chi connectivity index (χ1) is 8.36. The SMILES string of the molecule is NCc1ccc(N2CCN3CCCC3C2)cn1. The summed E-state index contributed by atoms with van der Waals surface area (Å²) in [6.45, 7) is 5.30. The third-order valence-corrected chi connectivity index (χ3v) is 3.97. The summed E-state index contributed by atoms with van der Waals surface area (Å²) in [5, 5.41) is 0. The van der Waals surface area contributed by atoms with Crippen LogP contribution in [0.4, 0.5) is 5.69 Å². The number of fused-ring (bicyclic) bond motifs is 1. The van der Waals surface area contributed by atoms with Crippen LogP contribution in [0.25, 0.3) is 0 Å². The van der Waals surface area contributed by atoms with Gasteiger partial charge in [0.15, 0.2) is 0 Å². The van der Waals surface area contributed by atoms with Gasteiger partial charge >= 0.3 is 0 Å². The highest BCUT2D eigenvalue weighted by atomic mass is 15.3. The van der Waals surface area contributed by atoms with Crippen LogP contribution in [0.3, 0.4) is 0 Å². The quantitative estimate of drug-likeness (QED) is 0.820. The molecule has 2 N–H and O–H groups in total. The maximum absolute atomic E-state index is 5.57. The van der Waals surface area contributed by atoms with Gasteiger partial charge < -0.3 is 10.6 Å². The second kappa shape index (κ2) is 4.63. The molecule has 4 heteroatoms. The fourth-order valence-corrected chi connectivity index (χ4v) is 2.95. The highest BCUT2D eigenvalue weighted by Gasteiger charge is 2.30. The first kappa shape index (κ1) is 11.0. The zero-order chi connectivity index (χ0) is 11.7. The van der Waals surface area contributed by atoms with E-state index in [9.17, 15) is 0 Å². The molecule has 17 heavy (non-hydrogen) atoms. The van der Waals surface area contributed by atoms with Crippen LogP contribution in [0.5, 0.6) is 0 Å². The molecule has 0 bridgehead atoms. The molecule has 1 unspecified atom stereocenters. The molecule has 92 valence electrons. The van der Waals surface area contributed by atoms with Gasteiger partial charge in [0.05, 0.1) is 17.6 Å². The average Bonchev–Trinajstić information content (AvgIpc) is 2.86. The fraction of sp³-hybridized carbons (Fsp3) is 0.615. The van der Waals surface area contributed by atoms with E-state index in [2.05, 4.69) is 20.9 Å². The number of pyridine rings is 1. The minimum absolute atomic E-state index is 0.524. The molecule has 1 aromatic rings. The monoisotopic (exact) mass is 232 g/mol. The lowest BCUT2D eigenvalue weighted by Gasteiger charge is -2.38. The van der Waals surface area contributed by atoms with E-state index < -0.39 is 0 Å². The smallest absolute Gasteiger partial charge is 0.0553 e. The Labute approximate surface area is 102 Å². The molecule has 2 fully saturated rings. The van der Waals surface area contributed by atoms with Crippen LogP contribution in [0.2, 0.25) is 0 Å². The Morgan fingerprint density at radius 2 is 2.24 bits per heavy atom. The van der Waals surface area contributed by atoms with Crippen molar-refractivity contribution >= 4 is 5.69 Å². The summed E-state index contributed by atoms with van der Waals surface area (Å²) in [5.41, 5.74) is 7.78. The Bertz CT molecular complexity index is 376. The lowest BCUT2D eigenvalue weighted by atomic mass is 10.1. The van der Waals surface area contributed by atoms with E-state index in [0.717, 1.165) is 24.8 Å². The molecule has 1 atom stereocenters. The first-order valence-corrected chi connectivity index (χ1v) is 6.51. The molecule has 3 heterocycles. The summed E-state index contributed by atoms with van der Waals surface area (Å²) >= 11 is 0. The lowest BCUT2D eigenvalue weighted by molar-refractivity contribution is 0.231. The molecular weight excluding hydrogens is 212 g/mol. The zero-order valence-electron chi connectivity index (χ0n) is 10.2. The second-order valence-corrected chi connectivity index (χ2v) is 4.99.